The first kappa shape index (κ1) is 17.9. The number of nitrogens with zero attached hydrogens (tertiary/aromatic N) is 1. The normalized spacial score (nSPS) is 15.7. The van der Waals surface area contributed by atoms with Crippen LogP contribution >= 0.6 is 0 Å². The maximum atomic E-state index is 12.2. The maximum absolute atomic E-state index is 12.2. The Kier molecular flexibility index (Phi) is 5.84. The number of amides is 2. The molecule has 1 unspecified atom stereocenters. The number of nitrogens with one attached hydrogen (secondary N) is 2. The van der Waals surface area contributed by atoms with Crippen LogP contribution in [-0.2, 0) is 22.6 Å². The van der Waals surface area contributed by atoms with Gasteiger partial charge in [-0.05, 0) is 37.5 Å². The summed E-state index contributed by atoms with van der Waals surface area (Å²) in [6, 6.07) is 11.5. The minimum absolute atomic E-state index is 0.0117. The Labute approximate surface area is 153 Å². The number of pyridine rings is 1. The molecule has 6 nitrogen and oxygen atoms in total. The second-order valence-corrected chi connectivity index (χ2v) is 6.26. The number of hydrogen-bond acceptors (Lipinski definition) is 4. The zero-order valence-electron chi connectivity index (χ0n) is 14.8. The molecule has 26 heavy (non-hydrogen) atoms. The zero-order valence-corrected chi connectivity index (χ0v) is 14.8. The van der Waals surface area contributed by atoms with Crippen LogP contribution in [0.1, 0.15) is 30.9 Å². The van der Waals surface area contributed by atoms with Gasteiger partial charge in [-0.3, -0.25) is 9.59 Å². The number of carbonyl (C=O) groups excluding carboxylic acids is 2. The highest BCUT2D eigenvalue weighted by Crippen LogP contribution is 2.27. The fourth-order valence-corrected chi connectivity index (χ4v) is 3.06. The minimum Gasteiger partial charge on any atom is -0.478 e. The summed E-state index contributed by atoms with van der Waals surface area (Å²) in [7, 11) is 0. The molecule has 2 aromatic rings. The molecule has 0 aliphatic carbocycles. The number of rotatable bonds is 7. The first-order valence-electron chi connectivity index (χ1n) is 8.89. The van der Waals surface area contributed by atoms with E-state index in [1.165, 1.54) is 0 Å². The molecule has 0 fully saturated rings. The average Bonchev–Trinajstić information content (AvgIpc) is 2.66. The molecular formula is C20H23N3O3. The number of carbonyl (C=O) groups is 2. The van der Waals surface area contributed by atoms with Gasteiger partial charge < -0.3 is 15.4 Å². The van der Waals surface area contributed by atoms with Crippen LogP contribution in [0, 0.1) is 5.92 Å². The molecule has 1 aliphatic heterocycles. The van der Waals surface area contributed by atoms with Gasteiger partial charge in [0.05, 0.1) is 6.61 Å². The van der Waals surface area contributed by atoms with E-state index in [4.69, 9.17) is 4.74 Å². The van der Waals surface area contributed by atoms with Crippen LogP contribution in [-0.4, -0.2) is 23.4 Å². The molecule has 0 saturated carbocycles. The van der Waals surface area contributed by atoms with E-state index in [1.807, 2.05) is 43.3 Å². The Bertz CT molecular complexity index is 791. The molecule has 1 aliphatic rings. The van der Waals surface area contributed by atoms with Gasteiger partial charge in [-0.2, -0.15) is 0 Å². The number of hydrogen-bond donors (Lipinski definition) is 2. The Balaban J connectivity index is 1.50. The van der Waals surface area contributed by atoms with Gasteiger partial charge in [0.2, 0.25) is 17.7 Å². The molecule has 0 bridgehead atoms. The van der Waals surface area contributed by atoms with Gasteiger partial charge in [-0.25, -0.2) is 4.98 Å². The maximum Gasteiger partial charge on any atom is 0.227 e. The summed E-state index contributed by atoms with van der Waals surface area (Å²) in [6.07, 6.45) is 3.17. The molecule has 3 rings (SSSR count). The monoisotopic (exact) mass is 353 g/mol. The number of aromatic nitrogens is 1. The van der Waals surface area contributed by atoms with Gasteiger partial charge in [0, 0.05) is 36.3 Å². The second-order valence-electron chi connectivity index (χ2n) is 6.26. The topological polar surface area (TPSA) is 80.3 Å². The molecule has 0 radical (unpaired) electrons. The summed E-state index contributed by atoms with van der Waals surface area (Å²) in [5.74, 6) is 0.275. The number of para-hydroxylation sites is 1. The third-order valence-corrected chi connectivity index (χ3v) is 4.44. The molecule has 1 aromatic carbocycles. The van der Waals surface area contributed by atoms with Crippen molar-refractivity contribution in [2.75, 3.05) is 11.9 Å². The van der Waals surface area contributed by atoms with Crippen LogP contribution in [0.5, 0.6) is 5.88 Å². The first-order chi connectivity index (χ1) is 12.7. The molecule has 2 N–H and O–H groups in total. The lowest BCUT2D eigenvalue weighted by atomic mass is 9.89. The zero-order chi connectivity index (χ0) is 18.4. The van der Waals surface area contributed by atoms with E-state index in [0.29, 0.717) is 38.3 Å². The Morgan fingerprint density at radius 2 is 2.15 bits per heavy atom. The average molecular weight is 353 g/mol. The highest BCUT2D eigenvalue weighted by molar-refractivity contribution is 5.96. The van der Waals surface area contributed by atoms with E-state index in [-0.39, 0.29) is 17.7 Å². The van der Waals surface area contributed by atoms with Crippen molar-refractivity contribution in [2.45, 2.75) is 32.7 Å². The van der Waals surface area contributed by atoms with Crippen LogP contribution in [0.3, 0.4) is 0 Å². The largest absolute Gasteiger partial charge is 0.478 e. The number of fused-ring (bicyclic) bond motifs is 1. The quantitative estimate of drug-likeness (QED) is 0.802. The molecule has 2 heterocycles. The smallest absolute Gasteiger partial charge is 0.227 e. The standard InChI is InChI=1S/C20H23N3O3/c1-2-26-20-16(7-5-11-21-20)13-22-18(24)10-9-15-12-14-6-3-4-8-17(14)23-19(15)25/h3-8,11,15H,2,9-10,12-13H2,1H3,(H,22,24)(H,23,25). The van der Waals surface area contributed by atoms with Crippen molar-refractivity contribution >= 4 is 17.5 Å². The predicted octanol–water partition coefficient (Wildman–Crippen LogP) is 2.69. The van der Waals surface area contributed by atoms with Crippen LogP contribution in [0.15, 0.2) is 42.6 Å². The van der Waals surface area contributed by atoms with Gasteiger partial charge >= 0.3 is 0 Å². The van der Waals surface area contributed by atoms with Crippen molar-refractivity contribution in [1.29, 1.82) is 0 Å². The van der Waals surface area contributed by atoms with Crippen molar-refractivity contribution in [3.05, 3.63) is 53.7 Å². The summed E-state index contributed by atoms with van der Waals surface area (Å²) in [4.78, 5) is 28.5. The molecule has 1 atom stereocenters. The van der Waals surface area contributed by atoms with Gasteiger partial charge in [-0.1, -0.05) is 24.3 Å². The molecule has 0 saturated heterocycles. The molecule has 2 amide bonds. The lowest BCUT2D eigenvalue weighted by molar-refractivity contribution is -0.122. The van der Waals surface area contributed by atoms with Crippen molar-refractivity contribution in [2.24, 2.45) is 5.92 Å². The van der Waals surface area contributed by atoms with Gasteiger partial charge in [0.15, 0.2) is 0 Å². The highest BCUT2D eigenvalue weighted by atomic mass is 16.5. The summed E-state index contributed by atoms with van der Waals surface area (Å²) in [6.45, 7) is 2.78. The van der Waals surface area contributed by atoms with E-state index in [2.05, 4.69) is 15.6 Å². The first-order valence-corrected chi connectivity index (χ1v) is 8.89. The van der Waals surface area contributed by atoms with E-state index in [0.717, 1.165) is 16.8 Å². The Morgan fingerprint density at radius 1 is 1.31 bits per heavy atom. The highest BCUT2D eigenvalue weighted by Gasteiger charge is 2.26. The molecular weight excluding hydrogens is 330 g/mol. The number of ether oxygens (including phenoxy) is 1. The molecule has 136 valence electrons. The van der Waals surface area contributed by atoms with Gasteiger partial charge in [0.1, 0.15) is 0 Å². The summed E-state index contributed by atoms with van der Waals surface area (Å²) >= 11 is 0. The lowest BCUT2D eigenvalue weighted by Crippen LogP contribution is -2.31. The van der Waals surface area contributed by atoms with Gasteiger partial charge in [0.25, 0.3) is 0 Å². The van der Waals surface area contributed by atoms with Crippen LogP contribution < -0.4 is 15.4 Å². The molecule has 1 aromatic heterocycles. The van der Waals surface area contributed by atoms with Crippen LogP contribution in [0.2, 0.25) is 0 Å². The van der Waals surface area contributed by atoms with Crippen LogP contribution in [0.25, 0.3) is 0 Å². The SMILES string of the molecule is CCOc1ncccc1CNC(=O)CCC1Cc2ccccc2NC1=O. The summed E-state index contributed by atoms with van der Waals surface area (Å²) in [5, 5.41) is 5.80. The van der Waals surface area contributed by atoms with Crippen molar-refractivity contribution in [3.8, 4) is 5.88 Å². The summed E-state index contributed by atoms with van der Waals surface area (Å²) in [5.41, 5.74) is 2.83. The van der Waals surface area contributed by atoms with Crippen molar-refractivity contribution in [3.63, 3.8) is 0 Å². The van der Waals surface area contributed by atoms with E-state index in [9.17, 15) is 9.59 Å². The third kappa shape index (κ3) is 4.39. The predicted molar refractivity (Wildman–Crippen MR) is 98.8 cm³/mol. The van der Waals surface area contributed by atoms with Crippen molar-refractivity contribution in [1.82, 2.24) is 10.3 Å². The van der Waals surface area contributed by atoms with E-state index in [1.54, 1.807) is 6.20 Å². The molecule has 6 heteroatoms. The van der Waals surface area contributed by atoms with Crippen molar-refractivity contribution < 1.29 is 14.3 Å². The van der Waals surface area contributed by atoms with E-state index >= 15 is 0 Å². The molecule has 0 spiro atoms. The number of benzene rings is 1. The fraction of sp³-hybridized carbons (Fsp3) is 0.350. The second kappa shape index (κ2) is 8.47. The minimum atomic E-state index is -0.173. The fourth-order valence-electron chi connectivity index (χ4n) is 3.06. The van der Waals surface area contributed by atoms with E-state index < -0.39 is 0 Å². The third-order valence-electron chi connectivity index (χ3n) is 4.44. The van der Waals surface area contributed by atoms with Crippen LogP contribution in [0.4, 0.5) is 5.69 Å². The summed E-state index contributed by atoms with van der Waals surface area (Å²) < 4.78 is 5.46. The number of anilines is 1. The lowest BCUT2D eigenvalue weighted by Gasteiger charge is -2.24. The van der Waals surface area contributed by atoms with Gasteiger partial charge in [-0.15, -0.1) is 0 Å². The Hall–Kier alpha value is -2.89. The Morgan fingerprint density at radius 3 is 3.00 bits per heavy atom.